The molecule has 0 aliphatic carbocycles. The highest BCUT2D eigenvalue weighted by atomic mass is 16.6. The SMILES string of the molecule is CCOC(=O)c1c(N)nn(C(=O)c2ccccc2[N+](=O)[O-])c1C. The van der Waals surface area contributed by atoms with Crippen LogP contribution in [0.5, 0.6) is 0 Å². The highest BCUT2D eigenvalue weighted by molar-refractivity contribution is 6.02. The first-order chi connectivity index (χ1) is 10.9. The second kappa shape index (κ2) is 6.26. The Morgan fingerprint density at radius 3 is 2.65 bits per heavy atom. The van der Waals surface area contributed by atoms with Crippen LogP contribution in [0, 0.1) is 17.0 Å². The van der Waals surface area contributed by atoms with Gasteiger partial charge in [0.2, 0.25) is 0 Å². The van der Waals surface area contributed by atoms with Gasteiger partial charge in [-0.25, -0.2) is 4.79 Å². The van der Waals surface area contributed by atoms with Crippen molar-refractivity contribution in [2.75, 3.05) is 12.3 Å². The lowest BCUT2D eigenvalue weighted by molar-refractivity contribution is -0.385. The summed E-state index contributed by atoms with van der Waals surface area (Å²) in [5, 5.41) is 14.8. The first kappa shape index (κ1) is 16.1. The number of nitro groups is 1. The molecule has 0 saturated carbocycles. The van der Waals surface area contributed by atoms with E-state index in [4.69, 9.17) is 10.5 Å². The van der Waals surface area contributed by atoms with Gasteiger partial charge in [0.05, 0.1) is 17.2 Å². The summed E-state index contributed by atoms with van der Waals surface area (Å²) in [7, 11) is 0. The Labute approximate surface area is 130 Å². The van der Waals surface area contributed by atoms with E-state index in [0.29, 0.717) is 0 Å². The van der Waals surface area contributed by atoms with Crippen molar-refractivity contribution >= 4 is 23.4 Å². The highest BCUT2D eigenvalue weighted by Crippen LogP contribution is 2.22. The minimum atomic E-state index is -0.753. The Bertz CT molecular complexity index is 796. The van der Waals surface area contributed by atoms with E-state index >= 15 is 0 Å². The Balaban J connectivity index is 2.52. The van der Waals surface area contributed by atoms with Crippen LogP contribution in [0.4, 0.5) is 11.5 Å². The Kier molecular flexibility index (Phi) is 4.39. The molecule has 0 aliphatic rings. The average Bonchev–Trinajstić information content (AvgIpc) is 2.81. The Hall–Kier alpha value is -3.23. The van der Waals surface area contributed by atoms with Gasteiger partial charge in [0, 0.05) is 6.07 Å². The molecule has 0 amide bonds. The second-order valence-corrected chi connectivity index (χ2v) is 4.56. The first-order valence-corrected chi connectivity index (χ1v) is 6.68. The van der Waals surface area contributed by atoms with Crippen LogP contribution in [0.2, 0.25) is 0 Å². The third kappa shape index (κ3) is 2.89. The van der Waals surface area contributed by atoms with Crippen molar-refractivity contribution in [3.63, 3.8) is 0 Å². The molecule has 0 unspecified atom stereocenters. The molecule has 120 valence electrons. The van der Waals surface area contributed by atoms with Crippen LogP contribution in [0.3, 0.4) is 0 Å². The van der Waals surface area contributed by atoms with Gasteiger partial charge in [0.15, 0.2) is 5.82 Å². The van der Waals surface area contributed by atoms with E-state index in [2.05, 4.69) is 5.10 Å². The lowest BCUT2D eigenvalue weighted by Crippen LogP contribution is -2.17. The number of anilines is 1. The number of benzene rings is 1. The minimum Gasteiger partial charge on any atom is -0.462 e. The number of esters is 1. The van der Waals surface area contributed by atoms with Gasteiger partial charge >= 0.3 is 5.97 Å². The van der Waals surface area contributed by atoms with Crippen molar-refractivity contribution in [3.8, 4) is 0 Å². The number of aromatic nitrogens is 2. The van der Waals surface area contributed by atoms with Gasteiger partial charge < -0.3 is 10.5 Å². The molecule has 0 spiro atoms. The van der Waals surface area contributed by atoms with Crippen molar-refractivity contribution in [3.05, 3.63) is 51.2 Å². The average molecular weight is 318 g/mol. The summed E-state index contributed by atoms with van der Waals surface area (Å²) in [5.74, 6) is -1.63. The van der Waals surface area contributed by atoms with Crippen LogP contribution in [-0.2, 0) is 4.74 Å². The van der Waals surface area contributed by atoms with Gasteiger partial charge in [-0.2, -0.15) is 4.68 Å². The quantitative estimate of drug-likeness (QED) is 0.514. The van der Waals surface area contributed by atoms with Crippen molar-refractivity contribution < 1.29 is 19.2 Å². The molecule has 2 N–H and O–H groups in total. The lowest BCUT2D eigenvalue weighted by Gasteiger charge is -2.05. The summed E-state index contributed by atoms with van der Waals surface area (Å²) in [4.78, 5) is 34.8. The van der Waals surface area contributed by atoms with E-state index in [1.165, 1.54) is 31.2 Å². The number of carbonyl (C=O) groups is 2. The number of nitro benzene ring substituents is 1. The number of hydrogen-bond donors (Lipinski definition) is 1. The van der Waals surface area contributed by atoms with Crippen molar-refractivity contribution in [2.45, 2.75) is 13.8 Å². The zero-order valence-electron chi connectivity index (χ0n) is 12.5. The molecule has 1 aromatic heterocycles. The monoisotopic (exact) mass is 318 g/mol. The second-order valence-electron chi connectivity index (χ2n) is 4.56. The third-order valence-corrected chi connectivity index (χ3v) is 3.15. The number of nitrogen functional groups attached to an aromatic ring is 1. The molecule has 1 aromatic carbocycles. The van der Waals surface area contributed by atoms with Gasteiger partial charge in [-0.15, -0.1) is 5.10 Å². The van der Waals surface area contributed by atoms with Crippen molar-refractivity contribution in [1.29, 1.82) is 0 Å². The third-order valence-electron chi connectivity index (χ3n) is 3.15. The van der Waals surface area contributed by atoms with Gasteiger partial charge in [-0.05, 0) is 19.9 Å². The molecule has 0 atom stereocenters. The summed E-state index contributed by atoms with van der Waals surface area (Å²) in [5.41, 5.74) is 5.28. The molecular weight excluding hydrogens is 304 g/mol. The maximum atomic E-state index is 12.5. The molecule has 9 nitrogen and oxygen atoms in total. The van der Waals surface area contributed by atoms with E-state index < -0.39 is 16.8 Å². The van der Waals surface area contributed by atoms with Gasteiger partial charge in [0.25, 0.3) is 11.6 Å². The van der Waals surface area contributed by atoms with Crippen molar-refractivity contribution in [2.24, 2.45) is 0 Å². The molecule has 2 aromatic rings. The predicted molar refractivity (Wildman–Crippen MR) is 80.2 cm³/mol. The molecule has 9 heteroatoms. The van der Waals surface area contributed by atoms with Gasteiger partial charge in [0.1, 0.15) is 11.1 Å². The summed E-state index contributed by atoms with van der Waals surface area (Å²) in [6, 6.07) is 5.46. The number of hydrogen-bond acceptors (Lipinski definition) is 7. The van der Waals surface area contributed by atoms with Crippen LogP contribution in [-0.4, -0.2) is 33.2 Å². The normalized spacial score (nSPS) is 10.3. The predicted octanol–water partition coefficient (Wildman–Crippen LogP) is 1.55. The molecule has 0 saturated heterocycles. The smallest absolute Gasteiger partial charge is 0.343 e. The number of nitrogens with two attached hydrogens (primary N) is 1. The topological polar surface area (TPSA) is 130 Å². The number of nitrogens with zero attached hydrogens (tertiary/aromatic N) is 3. The summed E-state index contributed by atoms with van der Waals surface area (Å²) >= 11 is 0. The van der Waals surface area contributed by atoms with Crippen LogP contribution >= 0.6 is 0 Å². The molecule has 23 heavy (non-hydrogen) atoms. The largest absolute Gasteiger partial charge is 0.462 e. The molecule has 0 fully saturated rings. The maximum absolute atomic E-state index is 12.5. The molecule has 1 heterocycles. The van der Waals surface area contributed by atoms with Crippen molar-refractivity contribution in [1.82, 2.24) is 9.78 Å². The number of ether oxygens (including phenoxy) is 1. The van der Waals surface area contributed by atoms with E-state index in [1.807, 2.05) is 0 Å². The zero-order chi connectivity index (χ0) is 17.1. The molecule has 0 aliphatic heterocycles. The van der Waals surface area contributed by atoms with E-state index in [1.54, 1.807) is 6.92 Å². The zero-order valence-corrected chi connectivity index (χ0v) is 12.5. The molecule has 0 bridgehead atoms. The Morgan fingerprint density at radius 2 is 2.04 bits per heavy atom. The van der Waals surface area contributed by atoms with Gasteiger partial charge in [-0.3, -0.25) is 14.9 Å². The molecule has 2 rings (SSSR count). The number of rotatable bonds is 4. The lowest BCUT2D eigenvalue weighted by atomic mass is 10.1. The van der Waals surface area contributed by atoms with Crippen LogP contribution < -0.4 is 5.73 Å². The number of para-hydroxylation sites is 1. The maximum Gasteiger partial charge on any atom is 0.343 e. The van der Waals surface area contributed by atoms with Crippen LogP contribution in [0.15, 0.2) is 24.3 Å². The van der Waals surface area contributed by atoms with Crippen LogP contribution in [0.1, 0.15) is 33.3 Å². The van der Waals surface area contributed by atoms with Crippen LogP contribution in [0.25, 0.3) is 0 Å². The minimum absolute atomic E-state index is 0.0289. The summed E-state index contributed by atoms with van der Waals surface area (Å²) < 4.78 is 5.72. The van der Waals surface area contributed by atoms with Gasteiger partial charge in [-0.1, -0.05) is 12.1 Å². The van der Waals surface area contributed by atoms with E-state index in [9.17, 15) is 19.7 Å². The standard InChI is InChI=1S/C14H14N4O5/c1-3-23-14(20)11-8(2)17(16-12(11)15)13(19)9-6-4-5-7-10(9)18(21)22/h4-7H,3H2,1-2H3,(H2,15,16). The molecule has 0 radical (unpaired) electrons. The fourth-order valence-corrected chi connectivity index (χ4v) is 2.11. The fourth-order valence-electron chi connectivity index (χ4n) is 2.11. The Morgan fingerprint density at radius 1 is 1.39 bits per heavy atom. The van der Waals surface area contributed by atoms with E-state index in [-0.39, 0.29) is 34.9 Å². The highest BCUT2D eigenvalue weighted by Gasteiger charge is 2.27. The number of carbonyl (C=O) groups excluding carboxylic acids is 2. The fraction of sp³-hybridized carbons (Fsp3) is 0.214. The van der Waals surface area contributed by atoms with E-state index in [0.717, 1.165) is 4.68 Å². The summed E-state index contributed by atoms with van der Waals surface area (Å²) in [6.07, 6.45) is 0. The molecular formula is C14H14N4O5. The first-order valence-electron chi connectivity index (χ1n) is 6.68. The summed E-state index contributed by atoms with van der Waals surface area (Å²) in [6.45, 7) is 3.23.